The van der Waals surface area contributed by atoms with Crippen LogP contribution < -0.4 is 4.90 Å². The highest BCUT2D eigenvalue weighted by atomic mass is 16.6. The monoisotopic (exact) mass is 351 g/mol. The summed E-state index contributed by atoms with van der Waals surface area (Å²) in [5.74, 6) is -0.958. The number of anilines is 1. The number of nitrogens with zero attached hydrogens (tertiary/aromatic N) is 1. The van der Waals surface area contributed by atoms with E-state index in [1.807, 2.05) is 19.9 Å². The molecule has 0 aromatic heterocycles. The van der Waals surface area contributed by atoms with Gasteiger partial charge in [-0.25, -0.2) is 4.79 Å². The van der Waals surface area contributed by atoms with Crippen molar-refractivity contribution in [2.24, 2.45) is 5.92 Å². The number of ether oxygens (including phenoxy) is 1. The summed E-state index contributed by atoms with van der Waals surface area (Å²) >= 11 is 0. The zero-order valence-electron chi connectivity index (χ0n) is 15.6. The zero-order chi connectivity index (χ0) is 19.2. The lowest BCUT2D eigenvalue weighted by Crippen LogP contribution is -2.50. The summed E-state index contributed by atoms with van der Waals surface area (Å²) in [6.07, 6.45) is -1.80. The normalized spacial score (nSPS) is 14.0. The number of hydrogen-bond donors (Lipinski definition) is 2. The van der Waals surface area contributed by atoms with Crippen LogP contribution in [0.5, 0.6) is 0 Å². The lowest BCUT2D eigenvalue weighted by molar-refractivity contribution is -0.139. The fourth-order valence-electron chi connectivity index (χ4n) is 2.56. The van der Waals surface area contributed by atoms with Gasteiger partial charge in [-0.15, -0.1) is 0 Å². The molecule has 0 fully saturated rings. The van der Waals surface area contributed by atoms with Gasteiger partial charge in [-0.2, -0.15) is 0 Å². The van der Waals surface area contributed by atoms with Crippen molar-refractivity contribution in [3.63, 3.8) is 0 Å². The van der Waals surface area contributed by atoms with Crippen LogP contribution in [0.4, 0.5) is 10.5 Å². The minimum atomic E-state index is -1.20. The predicted octanol–water partition coefficient (Wildman–Crippen LogP) is 3.68. The third-order valence-electron chi connectivity index (χ3n) is 3.50. The summed E-state index contributed by atoms with van der Waals surface area (Å²) in [5.41, 5.74) is -0.142. The van der Waals surface area contributed by atoms with Gasteiger partial charge in [0.05, 0.1) is 18.6 Å². The van der Waals surface area contributed by atoms with E-state index >= 15 is 0 Å². The first-order chi connectivity index (χ1) is 11.5. The van der Waals surface area contributed by atoms with Crippen LogP contribution in [0.15, 0.2) is 30.3 Å². The number of aliphatic hydroxyl groups is 1. The molecule has 1 amide bonds. The SMILES string of the molecule is CC(C)CC([C@@H](O)CC(=O)O)N(C(=O)OC(C)(C)C)c1ccccc1. The Morgan fingerprint density at radius 3 is 2.16 bits per heavy atom. The topological polar surface area (TPSA) is 87.1 Å². The van der Waals surface area contributed by atoms with E-state index in [-0.39, 0.29) is 5.92 Å². The van der Waals surface area contributed by atoms with Gasteiger partial charge in [0.1, 0.15) is 5.60 Å². The van der Waals surface area contributed by atoms with Crippen molar-refractivity contribution < 1.29 is 24.5 Å². The fourth-order valence-corrected chi connectivity index (χ4v) is 2.56. The van der Waals surface area contributed by atoms with Crippen molar-refractivity contribution in [1.82, 2.24) is 0 Å². The maximum Gasteiger partial charge on any atom is 0.415 e. The summed E-state index contributed by atoms with van der Waals surface area (Å²) in [6, 6.07) is 8.16. The van der Waals surface area contributed by atoms with E-state index in [0.717, 1.165) is 0 Å². The van der Waals surface area contributed by atoms with Gasteiger partial charge in [0.25, 0.3) is 0 Å². The Morgan fingerprint density at radius 1 is 1.16 bits per heavy atom. The number of carboxylic acid groups (broad SMARTS) is 1. The van der Waals surface area contributed by atoms with Crippen molar-refractivity contribution in [2.45, 2.75) is 65.2 Å². The Kier molecular flexibility index (Phi) is 7.42. The largest absolute Gasteiger partial charge is 0.481 e. The molecule has 0 aliphatic rings. The summed E-state index contributed by atoms with van der Waals surface area (Å²) in [4.78, 5) is 25.3. The molecule has 2 atom stereocenters. The number of carbonyl (C=O) groups is 2. The lowest BCUT2D eigenvalue weighted by atomic mass is 9.95. The Bertz CT molecular complexity index is 565. The molecule has 0 saturated heterocycles. The number of para-hydroxylation sites is 1. The third-order valence-corrected chi connectivity index (χ3v) is 3.50. The van der Waals surface area contributed by atoms with Crippen molar-refractivity contribution in [3.8, 4) is 0 Å². The highest BCUT2D eigenvalue weighted by Crippen LogP contribution is 2.26. The molecule has 0 heterocycles. The van der Waals surface area contributed by atoms with E-state index in [9.17, 15) is 14.7 Å². The van der Waals surface area contributed by atoms with Crippen molar-refractivity contribution in [2.75, 3.05) is 4.90 Å². The minimum absolute atomic E-state index is 0.155. The van der Waals surface area contributed by atoms with E-state index in [2.05, 4.69) is 0 Å². The van der Waals surface area contributed by atoms with Crippen molar-refractivity contribution in [3.05, 3.63) is 30.3 Å². The van der Waals surface area contributed by atoms with Crippen LogP contribution in [0.1, 0.15) is 47.5 Å². The standard InChI is InChI=1S/C19H29NO5/c1-13(2)11-15(16(21)12-17(22)23)20(14-9-7-6-8-10-14)18(24)25-19(3,4)5/h6-10,13,15-16,21H,11-12H2,1-5H3,(H,22,23)/t15?,16-/m0/s1. The molecule has 0 aliphatic carbocycles. The number of aliphatic carboxylic acids is 1. The van der Waals surface area contributed by atoms with Crippen LogP contribution in [0.25, 0.3) is 0 Å². The molecule has 1 rings (SSSR count). The van der Waals surface area contributed by atoms with Crippen LogP contribution >= 0.6 is 0 Å². The second-order valence-electron chi connectivity index (χ2n) is 7.55. The van der Waals surface area contributed by atoms with Crippen LogP contribution in [-0.2, 0) is 9.53 Å². The van der Waals surface area contributed by atoms with Gasteiger partial charge >= 0.3 is 12.1 Å². The quantitative estimate of drug-likeness (QED) is 0.782. The van der Waals surface area contributed by atoms with E-state index in [0.29, 0.717) is 12.1 Å². The molecule has 0 radical (unpaired) electrons. The van der Waals surface area contributed by atoms with Crippen LogP contribution in [-0.4, -0.2) is 40.0 Å². The van der Waals surface area contributed by atoms with Gasteiger partial charge in [-0.1, -0.05) is 32.0 Å². The number of carboxylic acids is 1. The fraction of sp³-hybridized carbons (Fsp3) is 0.579. The molecule has 140 valence electrons. The van der Waals surface area contributed by atoms with Crippen molar-refractivity contribution in [1.29, 1.82) is 0 Å². The van der Waals surface area contributed by atoms with Gasteiger partial charge in [-0.3, -0.25) is 9.69 Å². The highest BCUT2D eigenvalue weighted by molar-refractivity contribution is 5.88. The van der Waals surface area contributed by atoms with Gasteiger partial charge in [0, 0.05) is 5.69 Å². The molecule has 6 heteroatoms. The van der Waals surface area contributed by atoms with E-state index < -0.39 is 36.2 Å². The maximum absolute atomic E-state index is 12.8. The van der Waals surface area contributed by atoms with Gasteiger partial charge in [-0.05, 0) is 45.2 Å². The van der Waals surface area contributed by atoms with Crippen LogP contribution in [0.2, 0.25) is 0 Å². The summed E-state index contributed by atoms with van der Waals surface area (Å²) in [7, 11) is 0. The predicted molar refractivity (Wildman–Crippen MR) is 96.7 cm³/mol. The molecule has 6 nitrogen and oxygen atoms in total. The molecule has 0 aliphatic heterocycles. The molecule has 2 N–H and O–H groups in total. The smallest absolute Gasteiger partial charge is 0.415 e. The average Bonchev–Trinajstić information content (AvgIpc) is 2.44. The minimum Gasteiger partial charge on any atom is -0.481 e. The molecule has 25 heavy (non-hydrogen) atoms. The molecule has 0 saturated carbocycles. The summed E-state index contributed by atoms with van der Waals surface area (Å²) < 4.78 is 5.50. The molecular weight excluding hydrogens is 322 g/mol. The first-order valence-electron chi connectivity index (χ1n) is 8.48. The number of benzene rings is 1. The van der Waals surface area contributed by atoms with Crippen LogP contribution in [0.3, 0.4) is 0 Å². The summed E-state index contributed by atoms with van der Waals surface area (Å²) in [5, 5.41) is 19.5. The molecular formula is C19H29NO5. The Hall–Kier alpha value is -2.08. The highest BCUT2D eigenvalue weighted by Gasteiger charge is 2.35. The Balaban J connectivity index is 3.27. The van der Waals surface area contributed by atoms with Crippen LogP contribution in [0, 0.1) is 5.92 Å². The first-order valence-corrected chi connectivity index (χ1v) is 8.48. The molecule has 0 bridgehead atoms. The van der Waals surface area contributed by atoms with E-state index in [4.69, 9.17) is 9.84 Å². The average molecular weight is 351 g/mol. The number of hydrogen-bond acceptors (Lipinski definition) is 4. The van der Waals surface area contributed by atoms with Gasteiger partial charge < -0.3 is 14.9 Å². The van der Waals surface area contributed by atoms with Gasteiger partial charge in [0.15, 0.2) is 0 Å². The Morgan fingerprint density at radius 2 is 1.72 bits per heavy atom. The third kappa shape index (κ3) is 7.13. The maximum atomic E-state index is 12.8. The Labute approximate surface area is 149 Å². The van der Waals surface area contributed by atoms with E-state index in [1.165, 1.54) is 4.90 Å². The molecule has 1 unspecified atom stereocenters. The number of aliphatic hydroxyl groups excluding tert-OH is 1. The molecule has 1 aromatic rings. The number of rotatable bonds is 7. The second kappa shape index (κ2) is 8.85. The number of amides is 1. The summed E-state index contributed by atoms with van der Waals surface area (Å²) in [6.45, 7) is 9.20. The number of carbonyl (C=O) groups excluding carboxylic acids is 1. The lowest BCUT2D eigenvalue weighted by Gasteiger charge is -2.36. The van der Waals surface area contributed by atoms with Gasteiger partial charge in [0.2, 0.25) is 0 Å². The first kappa shape index (κ1) is 21.0. The molecule has 1 aromatic carbocycles. The van der Waals surface area contributed by atoms with E-state index in [1.54, 1.807) is 45.0 Å². The molecule has 0 spiro atoms. The zero-order valence-corrected chi connectivity index (χ0v) is 15.6. The van der Waals surface area contributed by atoms with Crippen molar-refractivity contribution >= 4 is 17.7 Å². The second-order valence-corrected chi connectivity index (χ2v) is 7.55.